The molecule has 0 aromatic heterocycles. The molecule has 98 valence electrons. The summed E-state index contributed by atoms with van der Waals surface area (Å²) in [5, 5.41) is 53.8. The zero-order chi connectivity index (χ0) is 12.9. The van der Waals surface area contributed by atoms with Gasteiger partial charge in [-0.05, 0) is 0 Å². The number of aliphatic hydroxyl groups is 6. The molecule has 0 bridgehead atoms. The highest BCUT2D eigenvalue weighted by Crippen LogP contribution is 2.27. The molecule has 10 heteroatoms. The van der Waals surface area contributed by atoms with Crippen LogP contribution in [0, 0.1) is 0 Å². The van der Waals surface area contributed by atoms with E-state index >= 15 is 0 Å². The van der Waals surface area contributed by atoms with Crippen LogP contribution in [0.5, 0.6) is 0 Å². The van der Waals surface area contributed by atoms with Crippen LogP contribution < -0.4 is 0 Å². The van der Waals surface area contributed by atoms with Crippen molar-refractivity contribution in [3.05, 3.63) is 0 Å². The van der Waals surface area contributed by atoms with Gasteiger partial charge in [0.25, 0.3) is 0 Å². The third-order valence-corrected chi connectivity index (χ3v) is 2.18. The molecule has 0 radical (unpaired) electrons. The number of aliphatic hydroxyl groups excluding tert-OH is 6. The average Bonchev–Trinajstić information content (AvgIpc) is 2.23. The Labute approximate surface area is 91.8 Å². The standard InChI is InChI=1S/C6H15O9P/c7-1-2(8)3(9)4(10)5(11)6(12)15-16(13)14/h2-14H,1H2/t2-,3-,4+,5-,6?/m1/s1. The van der Waals surface area contributed by atoms with E-state index in [4.69, 9.17) is 35.3 Å². The van der Waals surface area contributed by atoms with Gasteiger partial charge < -0.3 is 40.4 Å². The van der Waals surface area contributed by atoms with Crippen molar-refractivity contribution in [3.63, 3.8) is 0 Å². The predicted molar refractivity (Wildman–Crippen MR) is 49.6 cm³/mol. The molecule has 5 atom stereocenters. The maximum Gasteiger partial charge on any atom is 0.329 e. The van der Waals surface area contributed by atoms with Crippen molar-refractivity contribution in [2.24, 2.45) is 0 Å². The summed E-state index contributed by atoms with van der Waals surface area (Å²) in [7, 11) is -2.95. The Hall–Kier alpha value is 0.0700. The van der Waals surface area contributed by atoms with Crippen LogP contribution in [0.25, 0.3) is 0 Å². The van der Waals surface area contributed by atoms with Gasteiger partial charge in [-0.1, -0.05) is 0 Å². The van der Waals surface area contributed by atoms with E-state index in [-0.39, 0.29) is 0 Å². The highest BCUT2D eigenvalue weighted by molar-refractivity contribution is 7.39. The predicted octanol–water partition coefficient (Wildman–Crippen LogP) is -4.03. The van der Waals surface area contributed by atoms with Crippen LogP contribution in [0.15, 0.2) is 0 Å². The molecule has 0 aliphatic carbocycles. The van der Waals surface area contributed by atoms with Crippen molar-refractivity contribution in [2.45, 2.75) is 30.7 Å². The monoisotopic (exact) mass is 262 g/mol. The van der Waals surface area contributed by atoms with Gasteiger partial charge in [0.15, 0.2) is 6.29 Å². The van der Waals surface area contributed by atoms with Crippen molar-refractivity contribution in [2.75, 3.05) is 6.61 Å². The molecule has 0 rings (SSSR count). The first-order valence-corrected chi connectivity index (χ1v) is 5.33. The van der Waals surface area contributed by atoms with Gasteiger partial charge in [-0.25, -0.2) is 0 Å². The van der Waals surface area contributed by atoms with E-state index in [1.54, 1.807) is 0 Å². The molecule has 9 nitrogen and oxygen atoms in total. The minimum atomic E-state index is -2.95. The molecule has 8 N–H and O–H groups in total. The minimum Gasteiger partial charge on any atom is -0.394 e. The number of hydrogen-bond acceptors (Lipinski definition) is 9. The molecule has 0 heterocycles. The molecule has 0 fully saturated rings. The Morgan fingerprint density at radius 2 is 1.38 bits per heavy atom. The third kappa shape index (κ3) is 4.93. The maximum absolute atomic E-state index is 9.20. The van der Waals surface area contributed by atoms with Crippen molar-refractivity contribution in [1.82, 2.24) is 0 Å². The third-order valence-electron chi connectivity index (χ3n) is 1.78. The summed E-state index contributed by atoms with van der Waals surface area (Å²) >= 11 is 0. The molecule has 1 unspecified atom stereocenters. The Bertz CT molecular complexity index is 191. The molecule has 0 spiro atoms. The fourth-order valence-electron chi connectivity index (χ4n) is 0.865. The van der Waals surface area contributed by atoms with Crippen LogP contribution in [-0.2, 0) is 4.52 Å². The molecule has 0 aromatic rings. The van der Waals surface area contributed by atoms with Crippen molar-refractivity contribution in [3.8, 4) is 0 Å². The van der Waals surface area contributed by atoms with E-state index in [1.807, 2.05) is 0 Å². The Morgan fingerprint density at radius 1 is 0.875 bits per heavy atom. The summed E-state index contributed by atoms with van der Waals surface area (Å²) in [6, 6.07) is 0. The molecule has 0 aliphatic rings. The van der Waals surface area contributed by atoms with Crippen LogP contribution in [0.3, 0.4) is 0 Å². The van der Waals surface area contributed by atoms with E-state index in [0.717, 1.165) is 0 Å². The molecule has 0 saturated heterocycles. The van der Waals surface area contributed by atoms with Crippen molar-refractivity contribution in [1.29, 1.82) is 0 Å². The quantitative estimate of drug-likeness (QED) is 0.168. The van der Waals surface area contributed by atoms with Crippen LogP contribution in [-0.4, -0.2) is 77.7 Å². The second-order valence-corrected chi connectivity index (χ2v) is 3.69. The molecular weight excluding hydrogens is 247 g/mol. The minimum absolute atomic E-state index is 0.866. The van der Waals surface area contributed by atoms with Crippen LogP contribution >= 0.6 is 8.60 Å². The largest absolute Gasteiger partial charge is 0.394 e. The Kier molecular flexibility index (Phi) is 7.44. The topological polar surface area (TPSA) is 171 Å². The fraction of sp³-hybridized carbons (Fsp3) is 1.00. The Morgan fingerprint density at radius 3 is 1.75 bits per heavy atom. The number of hydrogen-bond donors (Lipinski definition) is 8. The van der Waals surface area contributed by atoms with Crippen LogP contribution in [0.2, 0.25) is 0 Å². The highest BCUT2D eigenvalue weighted by Gasteiger charge is 2.35. The van der Waals surface area contributed by atoms with Gasteiger partial charge in [0.1, 0.15) is 24.4 Å². The van der Waals surface area contributed by atoms with E-state index < -0.39 is 45.9 Å². The van der Waals surface area contributed by atoms with E-state index in [2.05, 4.69) is 4.52 Å². The van der Waals surface area contributed by atoms with Gasteiger partial charge in [-0.3, -0.25) is 4.52 Å². The molecule has 16 heavy (non-hydrogen) atoms. The van der Waals surface area contributed by atoms with Gasteiger partial charge in [-0.15, -0.1) is 0 Å². The molecular formula is C6H15O9P. The zero-order valence-corrected chi connectivity index (χ0v) is 8.92. The second kappa shape index (κ2) is 7.41. The lowest BCUT2D eigenvalue weighted by molar-refractivity contribution is -0.183. The SMILES string of the molecule is OC[C@@H](O)[C@@H](O)[C@H](O)[C@@H](O)C(O)OP(O)O. The van der Waals surface area contributed by atoms with Crippen LogP contribution in [0.4, 0.5) is 0 Å². The van der Waals surface area contributed by atoms with Gasteiger partial charge in [-0.2, -0.15) is 0 Å². The van der Waals surface area contributed by atoms with Crippen molar-refractivity contribution >= 4 is 8.60 Å². The van der Waals surface area contributed by atoms with E-state index in [0.29, 0.717) is 0 Å². The summed E-state index contributed by atoms with van der Waals surface area (Å²) in [5.41, 5.74) is 0. The summed E-state index contributed by atoms with van der Waals surface area (Å²) < 4.78 is 3.96. The Balaban J connectivity index is 4.30. The summed E-state index contributed by atoms with van der Waals surface area (Å²) in [6.07, 6.45) is -9.92. The number of rotatable bonds is 7. The molecule has 0 aromatic carbocycles. The fourth-order valence-corrected chi connectivity index (χ4v) is 1.18. The van der Waals surface area contributed by atoms with Crippen LogP contribution in [0.1, 0.15) is 0 Å². The zero-order valence-electron chi connectivity index (χ0n) is 8.03. The lowest BCUT2D eigenvalue weighted by atomic mass is 10.0. The van der Waals surface area contributed by atoms with Gasteiger partial charge in [0, 0.05) is 0 Å². The normalized spacial score (nSPS) is 21.6. The first-order valence-electron chi connectivity index (χ1n) is 4.17. The molecule has 0 aliphatic heterocycles. The van der Waals surface area contributed by atoms with Gasteiger partial charge in [0.2, 0.25) is 0 Å². The second-order valence-electron chi connectivity index (χ2n) is 2.97. The molecule has 0 saturated carbocycles. The lowest BCUT2D eigenvalue weighted by Gasteiger charge is -2.28. The lowest BCUT2D eigenvalue weighted by Crippen LogP contribution is -2.50. The summed E-state index contributed by atoms with van der Waals surface area (Å²) in [6.45, 7) is -0.866. The van der Waals surface area contributed by atoms with Gasteiger partial charge >= 0.3 is 8.60 Å². The summed E-state index contributed by atoms with van der Waals surface area (Å²) in [5.74, 6) is 0. The maximum atomic E-state index is 9.20. The highest BCUT2D eigenvalue weighted by atomic mass is 31.2. The average molecular weight is 262 g/mol. The van der Waals surface area contributed by atoms with Gasteiger partial charge in [0.05, 0.1) is 6.61 Å². The van der Waals surface area contributed by atoms with E-state index in [9.17, 15) is 5.11 Å². The first-order chi connectivity index (χ1) is 7.31. The molecule has 0 amide bonds. The smallest absolute Gasteiger partial charge is 0.329 e. The van der Waals surface area contributed by atoms with Crippen molar-refractivity contribution < 1.29 is 44.9 Å². The first kappa shape index (κ1) is 16.1. The summed E-state index contributed by atoms with van der Waals surface area (Å²) in [4.78, 5) is 16.7. The van der Waals surface area contributed by atoms with E-state index in [1.165, 1.54) is 0 Å².